The van der Waals surface area contributed by atoms with Gasteiger partial charge in [-0.05, 0) is 49.8 Å². The Kier molecular flexibility index (Phi) is 7.36. The second-order valence-corrected chi connectivity index (χ2v) is 7.17. The summed E-state index contributed by atoms with van der Waals surface area (Å²) >= 11 is 0. The minimum Gasteiger partial charge on any atom is -0.496 e. The van der Waals surface area contributed by atoms with Crippen LogP contribution < -0.4 is 24.8 Å². The van der Waals surface area contributed by atoms with E-state index in [2.05, 4.69) is 29.4 Å². The molecule has 0 unspecified atom stereocenters. The largest absolute Gasteiger partial charge is 0.496 e. The lowest BCUT2D eigenvalue weighted by Gasteiger charge is -2.19. The van der Waals surface area contributed by atoms with E-state index in [1.807, 2.05) is 6.92 Å². The number of nitrogens with zero attached hydrogens (tertiary/aromatic N) is 1. The maximum Gasteiger partial charge on any atom is 0.255 e. The van der Waals surface area contributed by atoms with Gasteiger partial charge in [0.2, 0.25) is 6.79 Å². The summed E-state index contributed by atoms with van der Waals surface area (Å²) in [6, 6.07) is 8.41. The van der Waals surface area contributed by atoms with Gasteiger partial charge in [-0.1, -0.05) is 13.8 Å². The third-order valence-corrected chi connectivity index (χ3v) is 5.28. The first-order chi connectivity index (χ1) is 15.0. The van der Waals surface area contributed by atoms with E-state index in [9.17, 15) is 9.59 Å². The molecule has 1 heterocycles. The minimum atomic E-state index is -0.292. The lowest BCUT2D eigenvalue weighted by molar-refractivity contribution is 0.0945. The second-order valence-electron chi connectivity index (χ2n) is 7.17. The number of carbonyl (C=O) groups excluding carboxylic acids is 2. The van der Waals surface area contributed by atoms with Gasteiger partial charge in [0.25, 0.3) is 11.8 Å². The lowest BCUT2D eigenvalue weighted by atomic mass is 10.1. The maximum atomic E-state index is 12.7. The molecule has 0 aliphatic carbocycles. The van der Waals surface area contributed by atoms with Crippen LogP contribution in [-0.4, -0.2) is 56.8 Å². The van der Waals surface area contributed by atoms with Crippen LogP contribution in [0.3, 0.4) is 0 Å². The molecule has 0 saturated carbocycles. The number of likely N-dealkylation sites (N-methyl/N-ethyl adjacent to an activating group) is 1. The third kappa shape index (κ3) is 5.27. The molecule has 2 amide bonds. The molecule has 0 fully saturated rings. The summed E-state index contributed by atoms with van der Waals surface area (Å²) in [4.78, 5) is 27.6. The Bertz CT molecular complexity index is 956. The van der Waals surface area contributed by atoms with Crippen LogP contribution in [0, 0.1) is 6.92 Å². The zero-order valence-electron chi connectivity index (χ0n) is 18.4. The molecule has 31 heavy (non-hydrogen) atoms. The Morgan fingerprint density at radius 1 is 1.06 bits per heavy atom. The summed E-state index contributed by atoms with van der Waals surface area (Å²) in [5.74, 6) is 1.05. The van der Waals surface area contributed by atoms with Gasteiger partial charge in [-0.2, -0.15) is 0 Å². The average molecular weight is 428 g/mol. The molecule has 3 rings (SSSR count). The number of rotatable bonds is 9. The number of benzene rings is 2. The molecule has 2 aromatic carbocycles. The number of anilines is 1. The minimum absolute atomic E-state index is 0.148. The van der Waals surface area contributed by atoms with E-state index in [0.717, 1.165) is 25.2 Å². The van der Waals surface area contributed by atoms with E-state index in [0.29, 0.717) is 40.6 Å². The van der Waals surface area contributed by atoms with Gasteiger partial charge < -0.3 is 29.7 Å². The number of amides is 2. The fraction of sp³-hybridized carbons (Fsp3) is 0.391. The summed E-state index contributed by atoms with van der Waals surface area (Å²) in [5, 5.41) is 5.81. The summed E-state index contributed by atoms with van der Waals surface area (Å²) in [6.45, 7) is 9.37. The Hall–Kier alpha value is -3.26. The second kappa shape index (κ2) is 10.2. The number of hydrogen-bond donors (Lipinski definition) is 2. The summed E-state index contributed by atoms with van der Waals surface area (Å²) < 4.78 is 16.0. The van der Waals surface area contributed by atoms with Crippen molar-refractivity contribution < 1.29 is 23.8 Å². The lowest BCUT2D eigenvalue weighted by Crippen LogP contribution is -2.35. The average Bonchev–Trinajstić information content (AvgIpc) is 3.25. The fourth-order valence-corrected chi connectivity index (χ4v) is 3.36. The van der Waals surface area contributed by atoms with Gasteiger partial charge in [-0.15, -0.1) is 0 Å². The van der Waals surface area contributed by atoms with Gasteiger partial charge >= 0.3 is 0 Å². The van der Waals surface area contributed by atoms with Crippen LogP contribution in [0.5, 0.6) is 17.2 Å². The monoisotopic (exact) mass is 427 g/mol. The van der Waals surface area contributed by atoms with Crippen LogP contribution in [0.4, 0.5) is 5.69 Å². The van der Waals surface area contributed by atoms with Crippen molar-refractivity contribution >= 4 is 17.5 Å². The molecule has 8 heteroatoms. The van der Waals surface area contributed by atoms with E-state index in [4.69, 9.17) is 14.2 Å². The predicted molar refractivity (Wildman–Crippen MR) is 118 cm³/mol. The van der Waals surface area contributed by atoms with E-state index >= 15 is 0 Å². The van der Waals surface area contributed by atoms with E-state index in [1.54, 1.807) is 30.3 Å². The van der Waals surface area contributed by atoms with Crippen molar-refractivity contribution in [1.82, 2.24) is 10.2 Å². The van der Waals surface area contributed by atoms with Crippen molar-refractivity contribution in [2.45, 2.75) is 20.8 Å². The van der Waals surface area contributed by atoms with E-state index in [-0.39, 0.29) is 18.6 Å². The number of hydrogen-bond acceptors (Lipinski definition) is 6. The quantitative estimate of drug-likeness (QED) is 0.639. The van der Waals surface area contributed by atoms with Crippen molar-refractivity contribution in [2.24, 2.45) is 0 Å². The number of nitrogens with one attached hydrogen (secondary N) is 2. The molecule has 0 spiro atoms. The highest BCUT2D eigenvalue weighted by molar-refractivity contribution is 6.06. The zero-order chi connectivity index (χ0) is 22.4. The number of fused-ring (bicyclic) bond motifs is 1. The summed E-state index contributed by atoms with van der Waals surface area (Å²) in [5.41, 5.74) is 2.20. The SMILES string of the molecule is CCN(CC)CCNC(=O)c1cc(C)c(NC(=O)c2ccc3c(c2)OCO3)cc1OC. The predicted octanol–water partition coefficient (Wildman–Crippen LogP) is 3.06. The number of methoxy groups -OCH3 is 1. The van der Waals surface area contributed by atoms with Crippen molar-refractivity contribution in [3.05, 3.63) is 47.0 Å². The molecular formula is C23H29N3O5. The Balaban J connectivity index is 1.71. The first-order valence-electron chi connectivity index (χ1n) is 10.4. The van der Waals surface area contributed by atoms with Crippen LogP contribution in [0.15, 0.2) is 30.3 Å². The normalized spacial score (nSPS) is 12.0. The van der Waals surface area contributed by atoms with Crippen LogP contribution in [-0.2, 0) is 0 Å². The molecule has 8 nitrogen and oxygen atoms in total. The summed E-state index contributed by atoms with van der Waals surface area (Å²) in [7, 11) is 1.50. The van der Waals surface area contributed by atoms with Crippen LogP contribution in [0.2, 0.25) is 0 Å². The molecule has 0 atom stereocenters. The Morgan fingerprint density at radius 3 is 2.52 bits per heavy atom. The summed E-state index contributed by atoms with van der Waals surface area (Å²) in [6.07, 6.45) is 0. The molecule has 1 aliphatic heterocycles. The first-order valence-corrected chi connectivity index (χ1v) is 10.4. The van der Waals surface area contributed by atoms with E-state index in [1.165, 1.54) is 7.11 Å². The third-order valence-electron chi connectivity index (χ3n) is 5.28. The number of ether oxygens (including phenoxy) is 3. The Morgan fingerprint density at radius 2 is 1.81 bits per heavy atom. The van der Waals surface area contributed by atoms with Gasteiger partial charge in [0, 0.05) is 30.4 Å². The molecule has 0 bridgehead atoms. The first kappa shape index (κ1) is 22.4. The van der Waals surface area contributed by atoms with Crippen LogP contribution in [0.25, 0.3) is 0 Å². The molecular weight excluding hydrogens is 398 g/mol. The van der Waals surface area contributed by atoms with Gasteiger partial charge in [-0.25, -0.2) is 0 Å². The van der Waals surface area contributed by atoms with Gasteiger partial charge in [0.15, 0.2) is 11.5 Å². The molecule has 166 valence electrons. The highest BCUT2D eigenvalue weighted by Gasteiger charge is 2.19. The van der Waals surface area contributed by atoms with Crippen LogP contribution >= 0.6 is 0 Å². The maximum absolute atomic E-state index is 12.7. The number of aryl methyl sites for hydroxylation is 1. The molecule has 2 aromatic rings. The van der Waals surface area contributed by atoms with Crippen molar-refractivity contribution in [2.75, 3.05) is 45.4 Å². The smallest absolute Gasteiger partial charge is 0.255 e. The highest BCUT2D eigenvalue weighted by Crippen LogP contribution is 2.33. The molecule has 1 aliphatic rings. The molecule has 2 N–H and O–H groups in total. The zero-order valence-corrected chi connectivity index (χ0v) is 18.4. The van der Waals surface area contributed by atoms with Gasteiger partial charge in [0.05, 0.1) is 12.7 Å². The van der Waals surface area contributed by atoms with Crippen molar-refractivity contribution in [3.8, 4) is 17.2 Å². The Labute approximate surface area is 182 Å². The van der Waals surface area contributed by atoms with Gasteiger partial charge in [0.1, 0.15) is 5.75 Å². The van der Waals surface area contributed by atoms with E-state index < -0.39 is 0 Å². The van der Waals surface area contributed by atoms with Crippen molar-refractivity contribution in [1.29, 1.82) is 0 Å². The standard InChI is InChI=1S/C23H29N3O5/c1-5-26(6-2)10-9-24-23(28)17-11-15(3)18(13-20(17)29-4)25-22(27)16-7-8-19-21(12-16)31-14-30-19/h7-8,11-13H,5-6,9-10,14H2,1-4H3,(H,24,28)(H,25,27). The van der Waals surface area contributed by atoms with Crippen LogP contribution in [0.1, 0.15) is 40.1 Å². The highest BCUT2D eigenvalue weighted by atomic mass is 16.7. The topological polar surface area (TPSA) is 89.1 Å². The van der Waals surface area contributed by atoms with Gasteiger partial charge in [-0.3, -0.25) is 9.59 Å². The van der Waals surface area contributed by atoms with Crippen molar-refractivity contribution in [3.63, 3.8) is 0 Å². The molecule has 0 aromatic heterocycles. The number of carbonyl (C=O) groups is 2. The molecule has 0 radical (unpaired) electrons. The fourth-order valence-electron chi connectivity index (χ4n) is 3.36. The molecule has 0 saturated heterocycles.